The average molecular weight is 375 g/mol. The van der Waals surface area contributed by atoms with Crippen molar-refractivity contribution in [3.63, 3.8) is 0 Å². The van der Waals surface area contributed by atoms with E-state index in [-0.39, 0.29) is 18.3 Å². The highest BCUT2D eigenvalue weighted by Crippen LogP contribution is 2.26. The maximum atomic E-state index is 14.6. The van der Waals surface area contributed by atoms with E-state index in [9.17, 15) is 14.0 Å². The molecule has 0 radical (unpaired) electrons. The van der Waals surface area contributed by atoms with Gasteiger partial charge in [0.05, 0.1) is 18.4 Å². The average Bonchev–Trinajstić information content (AvgIpc) is 3.09. The van der Waals surface area contributed by atoms with Gasteiger partial charge < -0.3 is 10.2 Å². The summed E-state index contributed by atoms with van der Waals surface area (Å²) in [6, 6.07) is 4.85. The molecular weight excluding hydrogens is 357 g/mol. The number of rotatable bonds is 4. The molecule has 1 N–H and O–H groups in total. The third-order valence-electron chi connectivity index (χ3n) is 4.18. The topological polar surface area (TPSA) is 80.1 Å². The van der Waals surface area contributed by atoms with Crippen LogP contribution < -0.4 is 5.32 Å². The van der Waals surface area contributed by atoms with E-state index in [0.29, 0.717) is 36.5 Å². The highest BCUT2D eigenvalue weighted by Gasteiger charge is 2.17. The lowest BCUT2D eigenvalue weighted by molar-refractivity contribution is -0.128. The van der Waals surface area contributed by atoms with Gasteiger partial charge in [0.15, 0.2) is 0 Å². The molecule has 0 spiro atoms. The van der Waals surface area contributed by atoms with Crippen molar-refractivity contribution >= 4 is 29.3 Å². The number of aromatic nitrogens is 3. The number of carbonyl (C=O) groups excluding carboxylic acids is 2. The van der Waals surface area contributed by atoms with Crippen molar-refractivity contribution in [2.24, 2.45) is 0 Å². The van der Waals surface area contributed by atoms with Crippen LogP contribution in [0.5, 0.6) is 0 Å². The summed E-state index contributed by atoms with van der Waals surface area (Å²) in [7, 11) is 0. The Labute approximate surface area is 155 Å². The van der Waals surface area contributed by atoms with Gasteiger partial charge in [-0.1, -0.05) is 23.9 Å². The van der Waals surface area contributed by atoms with Gasteiger partial charge in [0.25, 0.3) is 5.24 Å². The number of hydrogen-bond acceptors (Lipinski definition) is 4. The van der Waals surface area contributed by atoms with E-state index in [1.54, 1.807) is 23.2 Å². The number of nitrogens with one attached hydrogen (secondary N) is 1. The van der Waals surface area contributed by atoms with Gasteiger partial charge >= 0.3 is 0 Å². The number of amides is 2. The summed E-state index contributed by atoms with van der Waals surface area (Å²) in [5.74, 6) is -0.335. The zero-order valence-corrected chi connectivity index (χ0v) is 15.0. The molecular formula is C17H18FN5O2S. The Kier molecular flexibility index (Phi) is 5.36. The molecule has 2 aromatic rings. The van der Waals surface area contributed by atoms with E-state index < -0.39 is 5.24 Å². The maximum Gasteiger partial charge on any atom is 0.276 e. The molecule has 26 heavy (non-hydrogen) atoms. The Morgan fingerprint density at radius 1 is 1.38 bits per heavy atom. The lowest BCUT2D eigenvalue weighted by Gasteiger charge is -2.25. The first-order chi connectivity index (χ1) is 12.4. The lowest BCUT2D eigenvalue weighted by Crippen LogP contribution is -2.32. The van der Waals surface area contributed by atoms with Gasteiger partial charge in [-0.15, -0.1) is 5.10 Å². The molecule has 1 aromatic heterocycles. The summed E-state index contributed by atoms with van der Waals surface area (Å²) < 4.78 is 16.0. The summed E-state index contributed by atoms with van der Waals surface area (Å²) in [5.41, 5.74) is 2.49. The molecule has 1 aliphatic rings. The van der Waals surface area contributed by atoms with Gasteiger partial charge in [0.2, 0.25) is 5.91 Å². The quantitative estimate of drug-likeness (QED) is 0.803. The monoisotopic (exact) mass is 375 g/mol. The third-order valence-corrected chi connectivity index (χ3v) is 4.34. The molecule has 3 rings (SSSR count). The fourth-order valence-electron chi connectivity index (χ4n) is 2.78. The van der Waals surface area contributed by atoms with Crippen molar-refractivity contribution in [3.8, 4) is 5.69 Å². The third kappa shape index (κ3) is 4.10. The standard InChI is InChI=1S/C17H18FN5O2S/c1-11(24)22-6-4-12(5-7-22)15-3-2-14(8-16(15)18)23-10-13(20-21-23)9-19-17(25)26/h2-4,8,10H,5-7,9H2,1H3,(H2,19,25,26). The number of nitrogens with zero attached hydrogens (tertiary/aromatic N) is 4. The van der Waals surface area contributed by atoms with E-state index in [4.69, 9.17) is 0 Å². The largest absolute Gasteiger partial charge is 0.341 e. The summed E-state index contributed by atoms with van der Waals surface area (Å²) in [6.07, 6.45) is 4.12. The lowest BCUT2D eigenvalue weighted by atomic mass is 9.98. The van der Waals surface area contributed by atoms with Crippen molar-refractivity contribution in [1.29, 1.82) is 0 Å². The smallest absolute Gasteiger partial charge is 0.276 e. The second kappa shape index (κ2) is 7.69. The molecule has 9 heteroatoms. The Morgan fingerprint density at radius 3 is 2.81 bits per heavy atom. The molecule has 0 unspecified atom stereocenters. The van der Waals surface area contributed by atoms with Gasteiger partial charge in [-0.25, -0.2) is 9.07 Å². The summed E-state index contributed by atoms with van der Waals surface area (Å²) in [5, 5.41) is 9.91. The van der Waals surface area contributed by atoms with Crippen LogP contribution in [0, 0.1) is 5.82 Å². The van der Waals surface area contributed by atoms with Crippen LogP contribution in [0.25, 0.3) is 11.3 Å². The molecule has 1 aliphatic heterocycles. The van der Waals surface area contributed by atoms with E-state index in [1.807, 2.05) is 6.08 Å². The SMILES string of the molecule is CC(=O)N1CC=C(c2ccc(-n3cc(CNC(=O)S)nn3)cc2F)CC1. The molecule has 0 saturated heterocycles. The summed E-state index contributed by atoms with van der Waals surface area (Å²) in [6.45, 7) is 2.81. The van der Waals surface area contributed by atoms with Crippen LogP contribution >= 0.6 is 12.6 Å². The number of thiol groups is 1. The molecule has 1 aromatic carbocycles. The van der Waals surface area contributed by atoms with Crippen LogP contribution in [-0.2, 0) is 11.3 Å². The first-order valence-corrected chi connectivity index (χ1v) is 8.51. The van der Waals surface area contributed by atoms with Gasteiger partial charge in [0, 0.05) is 31.6 Å². The van der Waals surface area contributed by atoms with Crippen LogP contribution in [0.4, 0.5) is 9.18 Å². The first-order valence-electron chi connectivity index (χ1n) is 8.07. The predicted molar refractivity (Wildman–Crippen MR) is 97.4 cm³/mol. The van der Waals surface area contributed by atoms with Crippen molar-refractivity contribution in [3.05, 3.63) is 47.5 Å². The Bertz CT molecular complexity index is 880. The highest BCUT2D eigenvalue weighted by atomic mass is 32.1. The second-order valence-corrected chi connectivity index (χ2v) is 6.33. The Morgan fingerprint density at radius 2 is 2.19 bits per heavy atom. The summed E-state index contributed by atoms with van der Waals surface area (Å²) >= 11 is 3.62. The van der Waals surface area contributed by atoms with Crippen LogP contribution in [0.1, 0.15) is 24.6 Å². The molecule has 0 bridgehead atoms. The number of benzene rings is 1. The minimum absolute atomic E-state index is 0.0206. The normalized spacial score (nSPS) is 14.1. The van der Waals surface area contributed by atoms with Crippen LogP contribution in [-0.4, -0.2) is 44.1 Å². The molecule has 0 saturated carbocycles. The van der Waals surface area contributed by atoms with Crippen LogP contribution in [0.2, 0.25) is 0 Å². The van der Waals surface area contributed by atoms with Crippen molar-refractivity contribution in [2.75, 3.05) is 13.1 Å². The predicted octanol–water partition coefficient (Wildman–Crippen LogP) is 2.18. The van der Waals surface area contributed by atoms with E-state index in [2.05, 4.69) is 28.3 Å². The van der Waals surface area contributed by atoms with Gasteiger partial charge in [-0.05, 0) is 24.1 Å². The summed E-state index contributed by atoms with van der Waals surface area (Å²) in [4.78, 5) is 23.9. The highest BCUT2D eigenvalue weighted by molar-refractivity contribution is 7.96. The molecule has 2 heterocycles. The van der Waals surface area contributed by atoms with Crippen molar-refractivity contribution in [1.82, 2.24) is 25.2 Å². The number of halogens is 1. The fraction of sp³-hybridized carbons (Fsp3) is 0.294. The zero-order valence-electron chi connectivity index (χ0n) is 14.1. The van der Waals surface area contributed by atoms with E-state index in [0.717, 1.165) is 5.57 Å². The zero-order chi connectivity index (χ0) is 18.7. The number of hydrogen-bond donors (Lipinski definition) is 2. The van der Waals surface area contributed by atoms with Crippen LogP contribution in [0.15, 0.2) is 30.5 Å². The molecule has 0 atom stereocenters. The molecule has 2 amide bonds. The van der Waals surface area contributed by atoms with E-state index in [1.165, 1.54) is 17.7 Å². The number of carbonyl (C=O) groups is 2. The molecule has 0 fully saturated rings. The van der Waals surface area contributed by atoms with Gasteiger partial charge in [0.1, 0.15) is 11.5 Å². The van der Waals surface area contributed by atoms with Gasteiger partial charge in [-0.3, -0.25) is 9.59 Å². The minimum Gasteiger partial charge on any atom is -0.341 e. The second-order valence-electron chi connectivity index (χ2n) is 5.92. The molecule has 0 aliphatic carbocycles. The maximum absolute atomic E-state index is 14.6. The van der Waals surface area contributed by atoms with Crippen LogP contribution in [0.3, 0.4) is 0 Å². The Hall–Kier alpha value is -2.68. The van der Waals surface area contributed by atoms with E-state index >= 15 is 0 Å². The molecule has 136 valence electrons. The minimum atomic E-state index is -0.459. The van der Waals surface area contributed by atoms with Crippen molar-refractivity contribution in [2.45, 2.75) is 19.9 Å². The Balaban J connectivity index is 1.76. The molecule has 7 nitrogen and oxygen atoms in total. The fourth-order valence-corrected chi connectivity index (χ4v) is 2.86. The van der Waals surface area contributed by atoms with Gasteiger partial charge in [-0.2, -0.15) is 0 Å². The van der Waals surface area contributed by atoms with Crippen molar-refractivity contribution < 1.29 is 14.0 Å². The first kappa shape index (κ1) is 18.1.